The molecular formula is C10H14N2O3S. The molecule has 1 aliphatic rings. The summed E-state index contributed by atoms with van der Waals surface area (Å²) in [6, 6.07) is 3.37. The second-order valence-electron chi connectivity index (χ2n) is 4.07. The molecule has 88 valence electrons. The highest BCUT2D eigenvalue weighted by Crippen LogP contribution is 2.26. The van der Waals surface area contributed by atoms with Gasteiger partial charge >= 0.3 is 5.00 Å². The minimum Gasteiger partial charge on any atom is -0.396 e. The van der Waals surface area contributed by atoms with Gasteiger partial charge in [-0.1, -0.05) is 11.3 Å². The van der Waals surface area contributed by atoms with Crippen molar-refractivity contribution < 1.29 is 10.0 Å². The van der Waals surface area contributed by atoms with Crippen molar-refractivity contribution >= 4 is 16.3 Å². The van der Waals surface area contributed by atoms with Gasteiger partial charge in [0.1, 0.15) is 0 Å². The van der Waals surface area contributed by atoms with E-state index in [0.717, 1.165) is 30.9 Å². The Morgan fingerprint density at radius 2 is 2.44 bits per heavy atom. The molecule has 1 atom stereocenters. The van der Waals surface area contributed by atoms with Crippen molar-refractivity contribution in [1.29, 1.82) is 0 Å². The fourth-order valence-electron chi connectivity index (χ4n) is 1.98. The summed E-state index contributed by atoms with van der Waals surface area (Å²) in [7, 11) is 0. The average molecular weight is 242 g/mol. The maximum Gasteiger partial charge on any atom is 0.324 e. The van der Waals surface area contributed by atoms with E-state index in [1.165, 1.54) is 11.3 Å². The smallest absolute Gasteiger partial charge is 0.324 e. The van der Waals surface area contributed by atoms with E-state index >= 15 is 0 Å². The Labute approximate surface area is 97.5 Å². The lowest BCUT2D eigenvalue weighted by Gasteiger charge is -2.13. The minimum atomic E-state index is -0.353. The molecule has 1 aromatic rings. The normalized spacial score (nSPS) is 21.4. The highest BCUT2D eigenvalue weighted by Gasteiger charge is 2.22. The maximum atomic E-state index is 10.5. The SMILES string of the molecule is O=[N+]([O-])c1ccc(CN2CCC(CO)C2)s1. The van der Waals surface area contributed by atoms with Gasteiger partial charge in [0.05, 0.1) is 4.92 Å². The Morgan fingerprint density at radius 3 is 3.00 bits per heavy atom. The van der Waals surface area contributed by atoms with Gasteiger partial charge in [0, 0.05) is 30.6 Å². The highest BCUT2D eigenvalue weighted by atomic mass is 32.1. The van der Waals surface area contributed by atoms with Gasteiger partial charge < -0.3 is 5.11 Å². The van der Waals surface area contributed by atoms with E-state index in [-0.39, 0.29) is 16.5 Å². The quantitative estimate of drug-likeness (QED) is 0.641. The van der Waals surface area contributed by atoms with Crippen LogP contribution in [0.25, 0.3) is 0 Å². The van der Waals surface area contributed by atoms with Crippen molar-refractivity contribution in [3.8, 4) is 0 Å². The largest absolute Gasteiger partial charge is 0.396 e. The number of nitro groups is 1. The van der Waals surface area contributed by atoms with Crippen LogP contribution in [0, 0.1) is 16.0 Å². The summed E-state index contributed by atoms with van der Waals surface area (Å²) in [5, 5.41) is 19.7. The van der Waals surface area contributed by atoms with Crippen LogP contribution in [0.15, 0.2) is 12.1 Å². The lowest BCUT2D eigenvalue weighted by Crippen LogP contribution is -2.20. The molecule has 0 radical (unpaired) electrons. The number of nitrogens with zero attached hydrogens (tertiary/aromatic N) is 2. The number of aliphatic hydroxyl groups is 1. The molecule has 1 N–H and O–H groups in total. The number of rotatable bonds is 4. The molecule has 6 heteroatoms. The zero-order valence-electron chi connectivity index (χ0n) is 8.83. The summed E-state index contributed by atoms with van der Waals surface area (Å²) in [4.78, 5) is 13.4. The Morgan fingerprint density at radius 1 is 1.62 bits per heavy atom. The molecule has 1 fully saturated rings. The Kier molecular flexibility index (Phi) is 3.52. The van der Waals surface area contributed by atoms with Gasteiger partial charge in [0.2, 0.25) is 0 Å². The van der Waals surface area contributed by atoms with Crippen molar-refractivity contribution in [1.82, 2.24) is 4.90 Å². The first-order valence-electron chi connectivity index (χ1n) is 5.25. The minimum absolute atomic E-state index is 0.202. The first-order valence-corrected chi connectivity index (χ1v) is 6.07. The summed E-state index contributed by atoms with van der Waals surface area (Å²) in [5.41, 5.74) is 0. The van der Waals surface area contributed by atoms with Crippen LogP contribution >= 0.6 is 11.3 Å². The van der Waals surface area contributed by atoms with Crippen molar-refractivity contribution in [3.05, 3.63) is 27.1 Å². The lowest BCUT2D eigenvalue weighted by molar-refractivity contribution is -0.380. The third kappa shape index (κ3) is 2.58. The van der Waals surface area contributed by atoms with Crippen LogP contribution in [-0.4, -0.2) is 34.6 Å². The van der Waals surface area contributed by atoms with E-state index in [1.54, 1.807) is 6.07 Å². The molecule has 0 saturated carbocycles. The van der Waals surface area contributed by atoms with Gasteiger partial charge in [-0.15, -0.1) is 0 Å². The lowest BCUT2D eigenvalue weighted by atomic mass is 10.1. The van der Waals surface area contributed by atoms with Crippen LogP contribution in [0.4, 0.5) is 5.00 Å². The van der Waals surface area contributed by atoms with Crippen LogP contribution < -0.4 is 0 Å². The Hall–Kier alpha value is -0.980. The van der Waals surface area contributed by atoms with Gasteiger partial charge in [0.15, 0.2) is 0 Å². The van der Waals surface area contributed by atoms with Crippen LogP contribution in [0.2, 0.25) is 0 Å². The van der Waals surface area contributed by atoms with Gasteiger partial charge in [-0.3, -0.25) is 15.0 Å². The molecule has 1 saturated heterocycles. The number of hydrogen-bond acceptors (Lipinski definition) is 5. The van der Waals surface area contributed by atoms with Gasteiger partial charge in [-0.25, -0.2) is 0 Å². The second kappa shape index (κ2) is 4.90. The van der Waals surface area contributed by atoms with E-state index in [1.807, 2.05) is 6.07 Å². The molecule has 0 spiro atoms. The van der Waals surface area contributed by atoms with E-state index in [9.17, 15) is 10.1 Å². The molecule has 5 nitrogen and oxygen atoms in total. The van der Waals surface area contributed by atoms with E-state index in [4.69, 9.17) is 5.11 Å². The maximum absolute atomic E-state index is 10.5. The van der Waals surface area contributed by atoms with Crippen LogP contribution in [0.1, 0.15) is 11.3 Å². The van der Waals surface area contributed by atoms with Crippen molar-refractivity contribution in [2.24, 2.45) is 5.92 Å². The van der Waals surface area contributed by atoms with E-state index < -0.39 is 0 Å². The third-order valence-electron chi connectivity index (χ3n) is 2.84. The first-order chi connectivity index (χ1) is 7.69. The predicted molar refractivity (Wildman–Crippen MR) is 61.4 cm³/mol. The van der Waals surface area contributed by atoms with Gasteiger partial charge in [-0.2, -0.15) is 0 Å². The Balaban J connectivity index is 1.92. The van der Waals surface area contributed by atoms with Crippen molar-refractivity contribution in [2.75, 3.05) is 19.7 Å². The van der Waals surface area contributed by atoms with Crippen LogP contribution in [0.3, 0.4) is 0 Å². The van der Waals surface area contributed by atoms with E-state index in [2.05, 4.69) is 4.90 Å². The summed E-state index contributed by atoms with van der Waals surface area (Å²) in [6.45, 7) is 2.86. The number of thiophene rings is 1. The van der Waals surface area contributed by atoms with E-state index in [0.29, 0.717) is 5.92 Å². The van der Waals surface area contributed by atoms with Gasteiger partial charge in [0.25, 0.3) is 0 Å². The topological polar surface area (TPSA) is 66.6 Å². The van der Waals surface area contributed by atoms with Gasteiger partial charge in [-0.05, 0) is 24.9 Å². The molecule has 0 amide bonds. The number of aliphatic hydroxyl groups excluding tert-OH is 1. The fourth-order valence-corrected chi connectivity index (χ4v) is 2.84. The number of hydrogen-bond donors (Lipinski definition) is 1. The molecule has 2 heterocycles. The zero-order chi connectivity index (χ0) is 11.5. The average Bonchev–Trinajstić information content (AvgIpc) is 2.87. The molecule has 0 aliphatic carbocycles. The molecule has 1 aromatic heterocycles. The predicted octanol–water partition coefficient (Wildman–Crippen LogP) is 1.47. The summed E-state index contributed by atoms with van der Waals surface area (Å²) in [5.74, 6) is 0.370. The molecule has 0 bridgehead atoms. The van der Waals surface area contributed by atoms with Crippen LogP contribution in [-0.2, 0) is 6.54 Å². The number of likely N-dealkylation sites (tertiary alicyclic amines) is 1. The Bertz CT molecular complexity index is 380. The molecular weight excluding hydrogens is 228 g/mol. The van der Waals surface area contributed by atoms with Crippen LogP contribution in [0.5, 0.6) is 0 Å². The zero-order valence-corrected chi connectivity index (χ0v) is 9.65. The summed E-state index contributed by atoms with van der Waals surface area (Å²) < 4.78 is 0. The molecule has 0 aromatic carbocycles. The summed E-state index contributed by atoms with van der Waals surface area (Å²) >= 11 is 1.23. The standard InChI is InChI=1S/C10H14N2O3S/c13-7-8-3-4-11(5-8)6-9-1-2-10(16-9)12(14)15/h1-2,8,13H,3-7H2. The molecule has 2 rings (SSSR count). The highest BCUT2D eigenvalue weighted by molar-refractivity contribution is 7.15. The summed E-state index contributed by atoms with van der Waals surface area (Å²) in [6.07, 6.45) is 1.02. The molecule has 1 aliphatic heterocycles. The molecule has 16 heavy (non-hydrogen) atoms. The second-order valence-corrected chi connectivity index (χ2v) is 5.22. The first kappa shape index (κ1) is 11.5. The van der Waals surface area contributed by atoms with Crippen molar-refractivity contribution in [2.45, 2.75) is 13.0 Å². The van der Waals surface area contributed by atoms with Crippen molar-refractivity contribution in [3.63, 3.8) is 0 Å². The third-order valence-corrected chi connectivity index (χ3v) is 3.86. The molecule has 1 unspecified atom stereocenters. The fraction of sp³-hybridized carbons (Fsp3) is 0.600. The monoisotopic (exact) mass is 242 g/mol.